The zero-order valence-corrected chi connectivity index (χ0v) is 11.4. The lowest BCUT2D eigenvalue weighted by molar-refractivity contribution is 1.14. The predicted molar refractivity (Wildman–Crippen MR) is 81.9 cm³/mol. The number of pyridine rings is 1. The highest BCUT2D eigenvalue weighted by molar-refractivity contribution is 5.70. The van der Waals surface area contributed by atoms with Gasteiger partial charge in [0.25, 0.3) is 0 Å². The Morgan fingerprint density at radius 3 is 2.68 bits per heavy atom. The van der Waals surface area contributed by atoms with Crippen molar-refractivity contribution in [1.82, 2.24) is 4.98 Å². The molecule has 0 atom stereocenters. The zero-order valence-electron chi connectivity index (χ0n) is 11.4. The number of nitrogens with zero attached hydrogens (tertiary/aromatic N) is 1. The summed E-state index contributed by atoms with van der Waals surface area (Å²) >= 11 is 0. The number of hydrogen-bond acceptors (Lipinski definition) is 3. The van der Waals surface area contributed by atoms with E-state index in [4.69, 9.17) is 5.73 Å². The Kier molecular flexibility index (Phi) is 3.85. The summed E-state index contributed by atoms with van der Waals surface area (Å²) in [6.45, 7) is 7.96. The summed E-state index contributed by atoms with van der Waals surface area (Å²) in [5.41, 5.74) is 11.2. The van der Waals surface area contributed by atoms with Gasteiger partial charge in [-0.3, -0.25) is 0 Å². The molecule has 0 spiro atoms. The highest BCUT2D eigenvalue weighted by Gasteiger charge is 2.05. The minimum Gasteiger partial charge on any atom is -0.384 e. The molecule has 0 unspecified atom stereocenters. The van der Waals surface area contributed by atoms with Crippen LogP contribution in [0.3, 0.4) is 0 Å². The number of benzene rings is 1. The first-order valence-corrected chi connectivity index (χ1v) is 6.37. The van der Waals surface area contributed by atoms with Gasteiger partial charge in [0.1, 0.15) is 5.82 Å². The molecule has 3 nitrogen and oxygen atoms in total. The number of nitrogens with two attached hydrogens (primary N) is 1. The maximum absolute atomic E-state index is 5.62. The minimum absolute atomic E-state index is 0.544. The fraction of sp³-hybridized carbons (Fsp3) is 0.188. The minimum atomic E-state index is 0.544. The van der Waals surface area contributed by atoms with Gasteiger partial charge in [0, 0.05) is 23.1 Å². The van der Waals surface area contributed by atoms with Crippen LogP contribution in [-0.2, 0) is 6.42 Å². The molecular formula is C16H19N3. The Bertz CT molecular complexity index is 585. The summed E-state index contributed by atoms with van der Waals surface area (Å²) < 4.78 is 0. The summed E-state index contributed by atoms with van der Waals surface area (Å²) in [5, 5.41) is 3.24. The van der Waals surface area contributed by atoms with E-state index >= 15 is 0 Å². The molecule has 0 radical (unpaired) electrons. The van der Waals surface area contributed by atoms with Gasteiger partial charge in [0.05, 0.1) is 0 Å². The van der Waals surface area contributed by atoms with E-state index in [-0.39, 0.29) is 0 Å². The van der Waals surface area contributed by atoms with Crippen molar-refractivity contribution in [1.29, 1.82) is 0 Å². The van der Waals surface area contributed by atoms with Crippen molar-refractivity contribution in [3.05, 3.63) is 54.4 Å². The summed E-state index contributed by atoms with van der Waals surface area (Å²) in [6, 6.07) is 10.1. The number of aromatic nitrogens is 1. The maximum atomic E-state index is 5.62. The average Bonchev–Trinajstić information content (AvgIpc) is 2.39. The predicted octanol–water partition coefficient (Wildman–Crippen LogP) is 3.84. The first kappa shape index (κ1) is 13.1. The van der Waals surface area contributed by atoms with Crippen LogP contribution in [0.2, 0.25) is 0 Å². The van der Waals surface area contributed by atoms with Gasteiger partial charge in [-0.05, 0) is 48.7 Å². The third kappa shape index (κ3) is 3.13. The highest BCUT2D eigenvalue weighted by Crippen LogP contribution is 2.27. The van der Waals surface area contributed by atoms with E-state index in [2.05, 4.69) is 42.0 Å². The second kappa shape index (κ2) is 5.57. The van der Waals surface area contributed by atoms with Gasteiger partial charge in [0.15, 0.2) is 0 Å². The number of hydrogen-bond donors (Lipinski definition) is 2. The first-order chi connectivity index (χ1) is 9.10. The molecule has 0 aliphatic carbocycles. The standard InChI is InChI=1S/C16H19N3/c1-4-12-9-14(19-11(2)3)6-7-15(12)13-5-8-16(17)18-10-13/h5-10,19H,2,4H2,1,3H3,(H2,17,18). The highest BCUT2D eigenvalue weighted by atomic mass is 14.9. The van der Waals surface area contributed by atoms with Crippen LogP contribution in [0.5, 0.6) is 0 Å². The Labute approximate surface area is 114 Å². The summed E-state index contributed by atoms with van der Waals surface area (Å²) in [7, 11) is 0. The molecule has 0 amide bonds. The molecule has 1 aromatic heterocycles. The number of nitrogens with one attached hydrogen (secondary N) is 1. The molecule has 1 aromatic carbocycles. The molecule has 0 saturated heterocycles. The normalized spacial score (nSPS) is 10.2. The van der Waals surface area contributed by atoms with E-state index < -0.39 is 0 Å². The van der Waals surface area contributed by atoms with Crippen LogP contribution < -0.4 is 11.1 Å². The molecular weight excluding hydrogens is 234 g/mol. The third-order valence-electron chi connectivity index (χ3n) is 2.94. The average molecular weight is 253 g/mol. The van der Waals surface area contributed by atoms with Gasteiger partial charge in [-0.15, -0.1) is 0 Å². The van der Waals surface area contributed by atoms with Crippen molar-refractivity contribution in [2.45, 2.75) is 20.3 Å². The van der Waals surface area contributed by atoms with Crippen LogP contribution in [0.25, 0.3) is 11.1 Å². The van der Waals surface area contributed by atoms with E-state index in [1.54, 1.807) is 0 Å². The van der Waals surface area contributed by atoms with Crippen molar-refractivity contribution in [3.63, 3.8) is 0 Å². The van der Waals surface area contributed by atoms with Gasteiger partial charge in [-0.2, -0.15) is 0 Å². The molecule has 1 heterocycles. The Morgan fingerprint density at radius 2 is 2.11 bits per heavy atom. The number of allylic oxidation sites excluding steroid dienone is 1. The molecule has 3 N–H and O–H groups in total. The van der Waals surface area contributed by atoms with Crippen LogP contribution >= 0.6 is 0 Å². The number of aryl methyl sites for hydroxylation is 1. The van der Waals surface area contributed by atoms with Crippen molar-refractivity contribution >= 4 is 11.5 Å². The maximum Gasteiger partial charge on any atom is 0.123 e. The largest absolute Gasteiger partial charge is 0.384 e. The van der Waals surface area contributed by atoms with E-state index in [1.165, 1.54) is 11.1 Å². The van der Waals surface area contributed by atoms with E-state index in [9.17, 15) is 0 Å². The molecule has 0 aliphatic heterocycles. The lowest BCUT2D eigenvalue weighted by Gasteiger charge is -2.12. The van der Waals surface area contributed by atoms with Gasteiger partial charge in [0.2, 0.25) is 0 Å². The van der Waals surface area contributed by atoms with E-state index in [0.717, 1.165) is 23.4 Å². The van der Waals surface area contributed by atoms with Gasteiger partial charge < -0.3 is 11.1 Å². The second-order valence-electron chi connectivity index (χ2n) is 4.60. The smallest absolute Gasteiger partial charge is 0.123 e. The van der Waals surface area contributed by atoms with Crippen molar-refractivity contribution in [2.75, 3.05) is 11.1 Å². The quantitative estimate of drug-likeness (QED) is 0.870. The second-order valence-corrected chi connectivity index (χ2v) is 4.60. The lowest BCUT2D eigenvalue weighted by atomic mass is 9.98. The van der Waals surface area contributed by atoms with Gasteiger partial charge in [-0.1, -0.05) is 19.6 Å². The number of rotatable bonds is 4. The van der Waals surface area contributed by atoms with Crippen molar-refractivity contribution in [2.24, 2.45) is 0 Å². The van der Waals surface area contributed by atoms with Gasteiger partial charge in [-0.25, -0.2) is 4.98 Å². The lowest BCUT2D eigenvalue weighted by Crippen LogP contribution is -1.97. The van der Waals surface area contributed by atoms with Crippen molar-refractivity contribution in [3.8, 4) is 11.1 Å². The number of anilines is 2. The van der Waals surface area contributed by atoms with Crippen molar-refractivity contribution < 1.29 is 0 Å². The number of nitrogen functional groups attached to an aromatic ring is 1. The Hall–Kier alpha value is -2.29. The molecule has 3 heteroatoms. The molecule has 0 fully saturated rings. The zero-order chi connectivity index (χ0) is 13.8. The molecule has 0 saturated carbocycles. The topological polar surface area (TPSA) is 50.9 Å². The first-order valence-electron chi connectivity index (χ1n) is 6.37. The van der Waals surface area contributed by atoms with Crippen LogP contribution in [-0.4, -0.2) is 4.98 Å². The molecule has 2 rings (SSSR count). The summed E-state index contributed by atoms with van der Waals surface area (Å²) in [5.74, 6) is 0.544. The molecule has 19 heavy (non-hydrogen) atoms. The van der Waals surface area contributed by atoms with Crippen LogP contribution in [0.1, 0.15) is 19.4 Å². The fourth-order valence-electron chi connectivity index (χ4n) is 2.06. The summed E-state index contributed by atoms with van der Waals surface area (Å²) in [4.78, 5) is 4.15. The Balaban J connectivity index is 2.40. The fourth-order valence-corrected chi connectivity index (χ4v) is 2.06. The monoisotopic (exact) mass is 253 g/mol. The molecule has 2 aromatic rings. The van der Waals surface area contributed by atoms with Crippen LogP contribution in [0.15, 0.2) is 48.8 Å². The molecule has 0 aliphatic rings. The SMILES string of the molecule is C=C(C)Nc1ccc(-c2ccc(N)nc2)c(CC)c1. The van der Waals surface area contributed by atoms with Gasteiger partial charge >= 0.3 is 0 Å². The molecule has 98 valence electrons. The van der Waals surface area contributed by atoms with Crippen LogP contribution in [0.4, 0.5) is 11.5 Å². The van der Waals surface area contributed by atoms with Crippen LogP contribution in [0, 0.1) is 0 Å². The summed E-state index contributed by atoms with van der Waals surface area (Å²) in [6.07, 6.45) is 2.78. The Morgan fingerprint density at radius 1 is 1.32 bits per heavy atom. The van der Waals surface area contributed by atoms with E-state index in [1.807, 2.05) is 25.3 Å². The van der Waals surface area contributed by atoms with E-state index in [0.29, 0.717) is 5.82 Å². The molecule has 0 bridgehead atoms. The third-order valence-corrected chi connectivity index (χ3v) is 2.94.